The Morgan fingerprint density at radius 3 is 2.85 bits per heavy atom. The van der Waals surface area contributed by atoms with Crippen LogP contribution in [-0.2, 0) is 4.74 Å². The van der Waals surface area contributed by atoms with Gasteiger partial charge in [0.2, 0.25) is 0 Å². The van der Waals surface area contributed by atoms with Gasteiger partial charge in [-0.2, -0.15) is 0 Å². The molecule has 0 atom stereocenters. The van der Waals surface area contributed by atoms with Crippen LogP contribution in [0.4, 0.5) is 0 Å². The van der Waals surface area contributed by atoms with Crippen LogP contribution in [0.3, 0.4) is 0 Å². The number of amides is 1. The fourth-order valence-corrected chi connectivity index (χ4v) is 1.98. The summed E-state index contributed by atoms with van der Waals surface area (Å²) in [5.74, 6) is -0.134. The molecule has 0 spiro atoms. The maximum absolute atomic E-state index is 12.0. The van der Waals surface area contributed by atoms with Gasteiger partial charge in [0, 0.05) is 31.6 Å². The van der Waals surface area contributed by atoms with Crippen LogP contribution in [0.1, 0.15) is 15.9 Å². The molecule has 1 amide bonds. The SMILES string of the molecule is COCCNC(=O)c1cncc(-c2ccccc2C)c1. The topological polar surface area (TPSA) is 51.2 Å². The summed E-state index contributed by atoms with van der Waals surface area (Å²) in [5.41, 5.74) is 3.75. The second-order valence-corrected chi connectivity index (χ2v) is 4.53. The van der Waals surface area contributed by atoms with E-state index in [1.165, 1.54) is 0 Å². The Kier molecular flexibility index (Phi) is 4.85. The number of nitrogens with zero attached hydrogens (tertiary/aromatic N) is 1. The van der Waals surface area contributed by atoms with Gasteiger partial charge in [-0.25, -0.2) is 0 Å². The lowest BCUT2D eigenvalue weighted by atomic mass is 10.0. The Morgan fingerprint density at radius 2 is 2.10 bits per heavy atom. The van der Waals surface area contributed by atoms with E-state index in [-0.39, 0.29) is 5.91 Å². The van der Waals surface area contributed by atoms with Gasteiger partial charge in [0.25, 0.3) is 5.91 Å². The van der Waals surface area contributed by atoms with Crippen LogP contribution in [-0.4, -0.2) is 31.2 Å². The monoisotopic (exact) mass is 270 g/mol. The zero-order valence-corrected chi connectivity index (χ0v) is 11.7. The molecule has 0 bridgehead atoms. The highest BCUT2D eigenvalue weighted by molar-refractivity contribution is 5.95. The summed E-state index contributed by atoms with van der Waals surface area (Å²) in [5, 5.41) is 2.79. The van der Waals surface area contributed by atoms with Crippen LogP contribution in [0, 0.1) is 6.92 Å². The van der Waals surface area contributed by atoms with Crippen LogP contribution in [0.25, 0.3) is 11.1 Å². The molecule has 0 aliphatic rings. The molecule has 0 aliphatic carbocycles. The first-order chi connectivity index (χ1) is 9.72. The summed E-state index contributed by atoms with van der Waals surface area (Å²) in [6.45, 7) is 3.03. The zero-order valence-electron chi connectivity index (χ0n) is 11.7. The van der Waals surface area contributed by atoms with Crippen LogP contribution in [0.2, 0.25) is 0 Å². The molecule has 2 aromatic rings. The lowest BCUT2D eigenvalue weighted by Gasteiger charge is -2.08. The Bertz CT molecular complexity index is 597. The van der Waals surface area contributed by atoms with Crippen molar-refractivity contribution in [1.29, 1.82) is 0 Å². The summed E-state index contributed by atoms with van der Waals surface area (Å²) < 4.78 is 4.91. The summed E-state index contributed by atoms with van der Waals surface area (Å²) >= 11 is 0. The van der Waals surface area contributed by atoms with E-state index in [9.17, 15) is 4.79 Å². The van der Waals surface area contributed by atoms with Crippen molar-refractivity contribution in [3.05, 3.63) is 53.9 Å². The van der Waals surface area contributed by atoms with Crippen molar-refractivity contribution in [2.24, 2.45) is 0 Å². The lowest BCUT2D eigenvalue weighted by molar-refractivity contribution is 0.0937. The highest BCUT2D eigenvalue weighted by Gasteiger charge is 2.08. The average Bonchev–Trinajstić information content (AvgIpc) is 2.48. The molecular weight excluding hydrogens is 252 g/mol. The molecule has 2 rings (SSSR count). The molecule has 0 saturated heterocycles. The van der Waals surface area contributed by atoms with E-state index in [1.807, 2.05) is 37.3 Å². The van der Waals surface area contributed by atoms with E-state index in [1.54, 1.807) is 19.5 Å². The summed E-state index contributed by atoms with van der Waals surface area (Å²) in [6.07, 6.45) is 3.35. The van der Waals surface area contributed by atoms with Gasteiger partial charge < -0.3 is 10.1 Å². The minimum atomic E-state index is -0.134. The van der Waals surface area contributed by atoms with Crippen LogP contribution in [0.5, 0.6) is 0 Å². The van der Waals surface area contributed by atoms with Crippen LogP contribution < -0.4 is 5.32 Å². The molecule has 0 radical (unpaired) electrons. The number of carbonyl (C=O) groups excluding carboxylic acids is 1. The van der Waals surface area contributed by atoms with E-state index >= 15 is 0 Å². The summed E-state index contributed by atoms with van der Waals surface area (Å²) in [7, 11) is 1.60. The molecule has 20 heavy (non-hydrogen) atoms. The first kappa shape index (κ1) is 14.2. The first-order valence-corrected chi connectivity index (χ1v) is 6.50. The second kappa shape index (κ2) is 6.82. The van der Waals surface area contributed by atoms with Crippen LogP contribution in [0.15, 0.2) is 42.7 Å². The van der Waals surface area contributed by atoms with Gasteiger partial charge in [-0.15, -0.1) is 0 Å². The van der Waals surface area contributed by atoms with Gasteiger partial charge in [0.05, 0.1) is 12.2 Å². The Morgan fingerprint density at radius 1 is 1.30 bits per heavy atom. The Balaban J connectivity index is 2.20. The second-order valence-electron chi connectivity index (χ2n) is 4.53. The Hall–Kier alpha value is -2.20. The Labute approximate surface area is 118 Å². The molecule has 4 heteroatoms. The number of rotatable bonds is 5. The molecule has 104 valence electrons. The lowest BCUT2D eigenvalue weighted by Crippen LogP contribution is -2.27. The molecule has 0 aliphatic heterocycles. The number of methoxy groups -OCH3 is 1. The van der Waals surface area contributed by atoms with Gasteiger partial charge in [0.15, 0.2) is 0 Å². The molecule has 1 aromatic heterocycles. The first-order valence-electron chi connectivity index (χ1n) is 6.50. The molecule has 1 aromatic carbocycles. The van der Waals surface area contributed by atoms with Gasteiger partial charge in [0.1, 0.15) is 0 Å². The smallest absolute Gasteiger partial charge is 0.252 e. The third-order valence-electron chi connectivity index (χ3n) is 3.05. The van der Waals surface area contributed by atoms with E-state index in [0.717, 1.165) is 16.7 Å². The number of hydrogen-bond acceptors (Lipinski definition) is 3. The standard InChI is InChI=1S/C16H18N2O2/c1-12-5-3-4-6-15(12)13-9-14(11-17-10-13)16(19)18-7-8-20-2/h3-6,9-11H,7-8H2,1-2H3,(H,18,19). The number of ether oxygens (including phenoxy) is 1. The number of carbonyl (C=O) groups is 1. The molecule has 1 heterocycles. The normalized spacial score (nSPS) is 10.3. The van der Waals surface area contributed by atoms with Gasteiger partial charge >= 0.3 is 0 Å². The van der Waals surface area contributed by atoms with Crippen molar-refractivity contribution in [3.63, 3.8) is 0 Å². The fraction of sp³-hybridized carbons (Fsp3) is 0.250. The number of hydrogen-bond donors (Lipinski definition) is 1. The zero-order chi connectivity index (χ0) is 14.4. The van der Waals surface area contributed by atoms with E-state index in [2.05, 4.69) is 10.3 Å². The molecule has 0 saturated carbocycles. The van der Waals surface area contributed by atoms with Crippen molar-refractivity contribution in [3.8, 4) is 11.1 Å². The molecule has 1 N–H and O–H groups in total. The number of benzene rings is 1. The maximum Gasteiger partial charge on any atom is 0.252 e. The predicted octanol–water partition coefficient (Wildman–Crippen LogP) is 2.43. The highest BCUT2D eigenvalue weighted by atomic mass is 16.5. The molecule has 4 nitrogen and oxygen atoms in total. The third-order valence-corrected chi connectivity index (χ3v) is 3.05. The maximum atomic E-state index is 12.0. The third kappa shape index (κ3) is 3.42. The van der Waals surface area contributed by atoms with Crippen molar-refractivity contribution >= 4 is 5.91 Å². The van der Waals surface area contributed by atoms with Gasteiger partial charge in [-0.3, -0.25) is 9.78 Å². The van der Waals surface area contributed by atoms with Crippen molar-refractivity contribution in [2.75, 3.05) is 20.3 Å². The minimum absolute atomic E-state index is 0.134. The largest absolute Gasteiger partial charge is 0.383 e. The van der Waals surface area contributed by atoms with Gasteiger partial charge in [-0.05, 0) is 24.1 Å². The minimum Gasteiger partial charge on any atom is -0.383 e. The fourth-order valence-electron chi connectivity index (χ4n) is 1.98. The number of aryl methyl sites for hydroxylation is 1. The van der Waals surface area contributed by atoms with Crippen molar-refractivity contribution < 1.29 is 9.53 Å². The van der Waals surface area contributed by atoms with Crippen molar-refractivity contribution in [2.45, 2.75) is 6.92 Å². The number of pyridine rings is 1. The van der Waals surface area contributed by atoms with E-state index in [0.29, 0.717) is 18.7 Å². The molecular formula is C16H18N2O2. The van der Waals surface area contributed by atoms with Gasteiger partial charge in [-0.1, -0.05) is 24.3 Å². The number of nitrogens with one attached hydrogen (secondary N) is 1. The predicted molar refractivity (Wildman–Crippen MR) is 78.6 cm³/mol. The quantitative estimate of drug-likeness (QED) is 0.849. The van der Waals surface area contributed by atoms with Crippen LogP contribution >= 0.6 is 0 Å². The number of aromatic nitrogens is 1. The van der Waals surface area contributed by atoms with E-state index in [4.69, 9.17) is 4.74 Å². The average molecular weight is 270 g/mol. The summed E-state index contributed by atoms with van der Waals surface area (Å²) in [4.78, 5) is 16.1. The van der Waals surface area contributed by atoms with E-state index < -0.39 is 0 Å². The molecule has 0 fully saturated rings. The summed E-state index contributed by atoms with van der Waals surface area (Å²) in [6, 6.07) is 9.90. The highest BCUT2D eigenvalue weighted by Crippen LogP contribution is 2.22. The molecule has 0 unspecified atom stereocenters. The van der Waals surface area contributed by atoms with Crippen molar-refractivity contribution in [1.82, 2.24) is 10.3 Å².